The Bertz CT molecular complexity index is 1400. The van der Waals surface area contributed by atoms with Crippen molar-refractivity contribution in [2.75, 3.05) is 0 Å². The minimum absolute atomic E-state index is 0.0761. The first-order valence-corrected chi connectivity index (χ1v) is 13.5. The highest BCUT2D eigenvalue weighted by Gasteiger charge is 2.22. The smallest absolute Gasteiger partial charge is 0.408 e. The fraction of sp³-hybridized carbons (Fsp3) is 0.143. The molecule has 11 heteroatoms. The average Bonchev–Trinajstić information content (AvgIpc) is 3.45. The average molecular weight is 655 g/mol. The summed E-state index contributed by atoms with van der Waals surface area (Å²) in [5.41, 5.74) is 5.64. The molecular weight excluding hydrogens is 630 g/mol. The lowest BCUT2D eigenvalue weighted by Gasteiger charge is -2.16. The van der Waals surface area contributed by atoms with Crippen LogP contribution in [0.1, 0.15) is 22.4 Å². The van der Waals surface area contributed by atoms with E-state index in [0.29, 0.717) is 23.6 Å². The lowest BCUT2D eigenvalue weighted by Crippen LogP contribution is -2.47. The van der Waals surface area contributed by atoms with Crippen LogP contribution in [0.15, 0.2) is 99.4 Å². The molecule has 9 nitrogen and oxygen atoms in total. The molecule has 0 fully saturated rings. The molecule has 200 valence electrons. The fourth-order valence-corrected chi connectivity index (χ4v) is 4.91. The molecule has 0 radical (unpaired) electrons. The van der Waals surface area contributed by atoms with E-state index in [1.54, 1.807) is 6.20 Å². The van der Waals surface area contributed by atoms with Crippen LogP contribution < -0.4 is 15.5 Å². The van der Waals surface area contributed by atoms with Gasteiger partial charge in [0.15, 0.2) is 0 Å². The number of benzene rings is 3. The number of carbonyl (C=O) groups is 2. The van der Waals surface area contributed by atoms with Crippen molar-refractivity contribution in [2.45, 2.75) is 25.7 Å². The zero-order chi connectivity index (χ0) is 27.5. The maximum absolute atomic E-state index is 13.0. The Morgan fingerprint density at radius 3 is 2.36 bits per heavy atom. The van der Waals surface area contributed by atoms with Crippen molar-refractivity contribution < 1.29 is 19.1 Å². The summed E-state index contributed by atoms with van der Waals surface area (Å²) < 4.78 is 12.9. The van der Waals surface area contributed by atoms with Crippen LogP contribution in [0, 0.1) is 0 Å². The molecule has 0 bridgehead atoms. The predicted octanol–water partition coefficient (Wildman–Crippen LogP) is 5.50. The second kappa shape index (κ2) is 14.3. The number of halogens is 2. The third-order valence-corrected chi connectivity index (χ3v) is 6.49. The molecule has 0 unspecified atom stereocenters. The number of ether oxygens (including phenoxy) is 2. The van der Waals surface area contributed by atoms with E-state index in [4.69, 9.17) is 9.47 Å². The van der Waals surface area contributed by atoms with Gasteiger partial charge in [0, 0.05) is 28.3 Å². The van der Waals surface area contributed by atoms with E-state index in [0.717, 1.165) is 20.1 Å². The Morgan fingerprint density at radius 1 is 1.00 bits per heavy atom. The van der Waals surface area contributed by atoms with Crippen LogP contribution in [-0.4, -0.2) is 34.2 Å². The highest BCUT2D eigenvalue weighted by molar-refractivity contribution is 9.11. The number of alkyl carbamates (subject to hydrolysis) is 1. The van der Waals surface area contributed by atoms with E-state index in [9.17, 15) is 9.59 Å². The van der Waals surface area contributed by atoms with Crippen molar-refractivity contribution in [1.82, 2.24) is 20.7 Å². The summed E-state index contributed by atoms with van der Waals surface area (Å²) >= 11 is 7.01. The van der Waals surface area contributed by atoms with Crippen molar-refractivity contribution in [1.29, 1.82) is 0 Å². The van der Waals surface area contributed by atoms with E-state index in [1.165, 1.54) is 12.5 Å². The van der Waals surface area contributed by atoms with E-state index in [1.807, 2.05) is 72.8 Å². The maximum atomic E-state index is 13.0. The maximum Gasteiger partial charge on any atom is 0.408 e. The van der Waals surface area contributed by atoms with Gasteiger partial charge in [-0.05, 0) is 39.2 Å². The second-order valence-electron chi connectivity index (χ2n) is 8.35. The summed E-state index contributed by atoms with van der Waals surface area (Å²) in [6, 6.07) is 21.8. The summed E-state index contributed by atoms with van der Waals surface area (Å²) in [5, 5.41) is 6.73. The van der Waals surface area contributed by atoms with Gasteiger partial charge in [0.05, 0.1) is 17.0 Å². The summed E-state index contributed by atoms with van der Waals surface area (Å²) in [5.74, 6) is 0.0370. The van der Waals surface area contributed by atoms with Crippen LogP contribution in [0.3, 0.4) is 0 Å². The van der Waals surface area contributed by atoms with Gasteiger partial charge in [0.1, 0.15) is 25.0 Å². The predicted molar refractivity (Wildman–Crippen MR) is 154 cm³/mol. The Hall–Kier alpha value is -3.96. The van der Waals surface area contributed by atoms with Gasteiger partial charge in [-0.25, -0.2) is 15.2 Å². The van der Waals surface area contributed by atoms with Gasteiger partial charge < -0.3 is 19.8 Å². The summed E-state index contributed by atoms with van der Waals surface area (Å²) in [6.07, 6.45) is 3.99. The normalized spacial score (nSPS) is 11.6. The number of rotatable bonds is 11. The standard InChI is InChI=1S/C28H25Br2N5O4/c29-22-11-21(26(24(30)12-22)38-16-19-7-3-1-4-8-19)14-33-35-27(36)25(13-23-15-31-18-32-23)34-28(37)39-17-20-9-5-2-6-10-20/h1-12,14-15,18,25H,13,16-17H2,(H,31,32)(H,34,37)(H,35,36)/b33-14-/t25-/m0/s1. The lowest BCUT2D eigenvalue weighted by molar-refractivity contribution is -0.123. The first-order chi connectivity index (χ1) is 19.0. The van der Waals surface area contributed by atoms with Gasteiger partial charge in [-0.3, -0.25) is 4.79 Å². The third-order valence-electron chi connectivity index (χ3n) is 5.44. The number of nitrogens with zero attached hydrogens (tertiary/aromatic N) is 2. The fourth-order valence-electron chi connectivity index (χ4n) is 3.53. The van der Waals surface area contributed by atoms with Gasteiger partial charge >= 0.3 is 6.09 Å². The first-order valence-electron chi connectivity index (χ1n) is 11.9. The van der Waals surface area contributed by atoms with Crippen molar-refractivity contribution in [3.63, 3.8) is 0 Å². The molecule has 39 heavy (non-hydrogen) atoms. The van der Waals surface area contributed by atoms with E-state index < -0.39 is 18.0 Å². The molecule has 4 aromatic rings. The molecule has 3 aromatic carbocycles. The molecule has 2 amide bonds. The quantitative estimate of drug-likeness (QED) is 0.146. The van der Waals surface area contributed by atoms with Crippen LogP contribution in [-0.2, 0) is 29.2 Å². The SMILES string of the molecule is O=C(N[C@@H](Cc1cnc[nH]1)C(=O)N/N=C\c1cc(Br)cc(Br)c1OCc1ccccc1)OCc1ccccc1. The molecule has 1 aromatic heterocycles. The Kier molecular flexibility index (Phi) is 10.3. The molecule has 0 aliphatic heterocycles. The van der Waals surface area contributed by atoms with Gasteiger partial charge in [-0.2, -0.15) is 5.10 Å². The van der Waals surface area contributed by atoms with Gasteiger partial charge in [0.2, 0.25) is 0 Å². The number of imidazole rings is 1. The van der Waals surface area contributed by atoms with E-state index in [2.05, 4.69) is 57.7 Å². The zero-order valence-electron chi connectivity index (χ0n) is 20.6. The third kappa shape index (κ3) is 8.79. The lowest BCUT2D eigenvalue weighted by atomic mass is 10.1. The largest absolute Gasteiger partial charge is 0.487 e. The molecule has 0 aliphatic carbocycles. The molecule has 0 aliphatic rings. The Morgan fingerprint density at radius 2 is 1.69 bits per heavy atom. The number of hydrogen-bond donors (Lipinski definition) is 3. The van der Waals surface area contributed by atoms with Crippen LogP contribution in [0.25, 0.3) is 0 Å². The first kappa shape index (κ1) is 28.1. The van der Waals surface area contributed by atoms with Crippen LogP contribution in [0.5, 0.6) is 5.75 Å². The van der Waals surface area contributed by atoms with E-state index in [-0.39, 0.29) is 13.0 Å². The van der Waals surface area contributed by atoms with Gasteiger partial charge in [0.25, 0.3) is 5.91 Å². The van der Waals surface area contributed by atoms with Crippen molar-refractivity contribution >= 4 is 50.1 Å². The molecule has 1 atom stereocenters. The van der Waals surface area contributed by atoms with Crippen LogP contribution >= 0.6 is 31.9 Å². The number of carbonyl (C=O) groups excluding carboxylic acids is 2. The van der Waals surface area contributed by atoms with Crippen molar-refractivity contribution in [3.8, 4) is 5.75 Å². The van der Waals surface area contributed by atoms with Crippen molar-refractivity contribution in [2.24, 2.45) is 5.10 Å². The second-order valence-corrected chi connectivity index (χ2v) is 10.1. The van der Waals surface area contributed by atoms with Crippen LogP contribution in [0.4, 0.5) is 4.79 Å². The molecular formula is C28H25Br2N5O4. The number of aromatic amines is 1. The van der Waals surface area contributed by atoms with E-state index >= 15 is 0 Å². The summed E-state index contributed by atoms with van der Waals surface area (Å²) in [7, 11) is 0. The summed E-state index contributed by atoms with van der Waals surface area (Å²) in [4.78, 5) is 32.4. The number of hydrazone groups is 1. The topological polar surface area (TPSA) is 118 Å². The van der Waals surface area contributed by atoms with Gasteiger partial charge in [-0.15, -0.1) is 0 Å². The highest BCUT2D eigenvalue weighted by Crippen LogP contribution is 2.32. The highest BCUT2D eigenvalue weighted by atomic mass is 79.9. The van der Waals surface area contributed by atoms with Gasteiger partial charge in [-0.1, -0.05) is 76.6 Å². The number of amides is 2. The molecule has 4 rings (SSSR count). The monoisotopic (exact) mass is 653 g/mol. The minimum Gasteiger partial charge on any atom is -0.487 e. The van der Waals surface area contributed by atoms with Crippen molar-refractivity contribution in [3.05, 3.63) is 117 Å². The number of H-pyrrole nitrogens is 1. The molecule has 3 N–H and O–H groups in total. The number of aromatic nitrogens is 2. The Labute approximate surface area is 242 Å². The van der Waals surface area contributed by atoms with Crippen LogP contribution in [0.2, 0.25) is 0 Å². The molecule has 1 heterocycles. The zero-order valence-corrected chi connectivity index (χ0v) is 23.8. The number of hydrogen-bond acceptors (Lipinski definition) is 6. The summed E-state index contributed by atoms with van der Waals surface area (Å²) in [6.45, 7) is 0.433. The molecule has 0 saturated heterocycles. The Balaban J connectivity index is 1.42. The number of nitrogens with one attached hydrogen (secondary N) is 3. The molecule has 0 spiro atoms. The molecule has 0 saturated carbocycles. The minimum atomic E-state index is -0.964.